The number of hydrogen-bond acceptors (Lipinski definition) is 4. The zero-order valence-corrected chi connectivity index (χ0v) is 18.4. The molecule has 0 bridgehead atoms. The second-order valence-electron chi connectivity index (χ2n) is 8.56. The van der Waals surface area contributed by atoms with Crippen LogP contribution in [0.4, 0.5) is 10.1 Å². The topological polar surface area (TPSA) is 64.8 Å². The van der Waals surface area contributed by atoms with Gasteiger partial charge in [0.2, 0.25) is 11.6 Å². The molecule has 3 rings (SSSR count). The lowest BCUT2D eigenvalue weighted by molar-refractivity contribution is -0.123. The molecule has 1 fully saturated rings. The maximum Gasteiger partial charge on any atom is 0.255 e. The van der Waals surface area contributed by atoms with Crippen LogP contribution in [-0.4, -0.2) is 36.8 Å². The third-order valence-electron chi connectivity index (χ3n) is 5.18. The van der Waals surface area contributed by atoms with Gasteiger partial charge in [-0.1, -0.05) is 18.8 Å². The number of aromatic nitrogens is 1. The van der Waals surface area contributed by atoms with Crippen molar-refractivity contribution in [3.63, 3.8) is 0 Å². The standard InChI is InChI=1S/C24H26FN3O3/c1-7-15-19(28-22(29)21(15)25)13-31-23-17-11-20(30-6)18(26-5)10-16(17)14(12-27-23)8-9-24(2,3)4/h10-12,15,19,21H,7,13H2,1-4,6H3,(H,28,29)/t15-,19+,21-/m0/s1. The van der Waals surface area contributed by atoms with Gasteiger partial charge in [0.25, 0.3) is 5.91 Å². The van der Waals surface area contributed by atoms with Crippen LogP contribution in [0.25, 0.3) is 15.6 Å². The highest BCUT2D eigenvalue weighted by Gasteiger charge is 2.41. The molecule has 0 unspecified atom stereocenters. The zero-order chi connectivity index (χ0) is 22.8. The molecule has 3 atom stereocenters. The van der Waals surface area contributed by atoms with Crippen LogP contribution in [-0.2, 0) is 4.79 Å². The fraction of sp³-hybridized carbons (Fsp3) is 0.458. The van der Waals surface area contributed by atoms with Gasteiger partial charge < -0.3 is 14.8 Å². The maximum atomic E-state index is 14.1. The van der Waals surface area contributed by atoms with Gasteiger partial charge in [-0.3, -0.25) is 4.79 Å². The average Bonchev–Trinajstić information content (AvgIpc) is 3.01. The van der Waals surface area contributed by atoms with Gasteiger partial charge in [-0.05, 0) is 44.7 Å². The number of nitrogens with one attached hydrogen (secondary N) is 1. The summed E-state index contributed by atoms with van der Waals surface area (Å²) >= 11 is 0. The van der Waals surface area contributed by atoms with Crippen molar-refractivity contribution < 1.29 is 18.7 Å². The number of carbonyl (C=O) groups is 1. The Hall–Kier alpha value is -3.32. The van der Waals surface area contributed by atoms with Crippen molar-refractivity contribution in [3.05, 3.63) is 35.3 Å². The number of hydrogen-bond donors (Lipinski definition) is 1. The van der Waals surface area contributed by atoms with E-state index >= 15 is 0 Å². The third-order valence-corrected chi connectivity index (χ3v) is 5.18. The first-order chi connectivity index (χ1) is 14.7. The average molecular weight is 423 g/mol. The summed E-state index contributed by atoms with van der Waals surface area (Å²) in [5.74, 6) is 6.01. The highest BCUT2D eigenvalue weighted by Crippen LogP contribution is 2.37. The van der Waals surface area contributed by atoms with Gasteiger partial charge in [-0.15, -0.1) is 0 Å². The molecular formula is C24H26FN3O3. The third kappa shape index (κ3) is 4.72. The molecule has 1 saturated heterocycles. The van der Waals surface area contributed by atoms with Gasteiger partial charge in [-0.2, -0.15) is 0 Å². The minimum Gasteiger partial charge on any atom is -0.508 e. The number of rotatable bonds is 5. The summed E-state index contributed by atoms with van der Waals surface area (Å²) in [6, 6.07) is 2.98. The van der Waals surface area contributed by atoms with Crippen LogP contribution in [0, 0.1) is 29.7 Å². The van der Waals surface area contributed by atoms with Crippen LogP contribution in [0.2, 0.25) is 0 Å². The number of nitrogens with zero attached hydrogens (tertiary/aromatic N) is 2. The summed E-state index contributed by atoms with van der Waals surface area (Å²) in [6.07, 6.45) is 0.602. The summed E-state index contributed by atoms with van der Waals surface area (Å²) < 4.78 is 25.4. The molecule has 31 heavy (non-hydrogen) atoms. The number of ether oxygens (including phenoxy) is 2. The summed E-state index contributed by atoms with van der Waals surface area (Å²) in [5.41, 5.74) is 0.838. The molecule has 0 spiro atoms. The van der Waals surface area contributed by atoms with Crippen LogP contribution in [0.3, 0.4) is 0 Å². The summed E-state index contributed by atoms with van der Waals surface area (Å²) in [6.45, 7) is 15.4. The van der Waals surface area contributed by atoms with Crippen molar-refractivity contribution in [2.45, 2.75) is 46.3 Å². The number of fused-ring (bicyclic) bond motifs is 1. The van der Waals surface area contributed by atoms with E-state index in [0.29, 0.717) is 34.7 Å². The Kier molecular flexibility index (Phi) is 6.36. The van der Waals surface area contributed by atoms with Gasteiger partial charge in [-0.25, -0.2) is 14.2 Å². The van der Waals surface area contributed by atoms with E-state index in [9.17, 15) is 9.18 Å². The van der Waals surface area contributed by atoms with Gasteiger partial charge in [0.1, 0.15) is 12.4 Å². The predicted octanol–water partition coefficient (Wildman–Crippen LogP) is 4.43. The van der Waals surface area contributed by atoms with Gasteiger partial charge in [0, 0.05) is 28.5 Å². The molecule has 1 amide bonds. The summed E-state index contributed by atoms with van der Waals surface area (Å²) in [7, 11) is 1.49. The van der Waals surface area contributed by atoms with E-state index in [1.54, 1.807) is 18.3 Å². The molecule has 6 nitrogen and oxygen atoms in total. The maximum absolute atomic E-state index is 14.1. The van der Waals surface area contributed by atoms with Crippen molar-refractivity contribution in [1.29, 1.82) is 0 Å². The minimum atomic E-state index is -1.53. The van der Waals surface area contributed by atoms with Crippen molar-refractivity contribution in [3.8, 4) is 23.5 Å². The first-order valence-corrected chi connectivity index (χ1v) is 10.2. The van der Waals surface area contributed by atoms with E-state index in [1.165, 1.54) is 7.11 Å². The van der Waals surface area contributed by atoms with Gasteiger partial charge >= 0.3 is 0 Å². The van der Waals surface area contributed by atoms with Crippen molar-refractivity contribution in [2.75, 3.05) is 13.7 Å². The molecule has 1 N–H and O–H groups in total. The normalized spacial score (nSPS) is 20.5. The Bertz CT molecular complexity index is 1110. The molecule has 0 saturated carbocycles. The van der Waals surface area contributed by atoms with Crippen LogP contribution < -0.4 is 14.8 Å². The zero-order valence-electron chi connectivity index (χ0n) is 18.4. The van der Waals surface area contributed by atoms with Crippen LogP contribution in [0.15, 0.2) is 18.3 Å². The lowest BCUT2D eigenvalue weighted by Crippen LogP contribution is -2.34. The first kappa shape index (κ1) is 22.4. The molecule has 7 heteroatoms. The molecule has 2 heterocycles. The van der Waals surface area contributed by atoms with Crippen molar-refractivity contribution >= 4 is 22.4 Å². The van der Waals surface area contributed by atoms with E-state index < -0.39 is 24.0 Å². The fourth-order valence-electron chi connectivity index (χ4n) is 3.54. The second kappa shape index (κ2) is 8.81. The van der Waals surface area contributed by atoms with Crippen LogP contribution in [0.1, 0.15) is 39.7 Å². The lowest BCUT2D eigenvalue weighted by atomic mass is 9.96. The highest BCUT2D eigenvalue weighted by molar-refractivity contribution is 5.96. The quantitative estimate of drug-likeness (QED) is 0.571. The number of benzene rings is 1. The Labute approximate surface area is 182 Å². The predicted molar refractivity (Wildman–Crippen MR) is 117 cm³/mol. The minimum absolute atomic E-state index is 0.0899. The second-order valence-corrected chi connectivity index (χ2v) is 8.56. The number of carbonyl (C=O) groups excluding carboxylic acids is 1. The summed E-state index contributed by atoms with van der Waals surface area (Å²) in [5, 5.41) is 4.02. The largest absolute Gasteiger partial charge is 0.508 e. The van der Waals surface area contributed by atoms with Gasteiger partial charge in [0.05, 0.1) is 19.7 Å². The molecule has 0 radical (unpaired) electrons. The Morgan fingerprint density at radius 3 is 2.68 bits per heavy atom. The Morgan fingerprint density at radius 1 is 1.32 bits per heavy atom. The summed E-state index contributed by atoms with van der Waals surface area (Å²) in [4.78, 5) is 19.7. The first-order valence-electron chi connectivity index (χ1n) is 10.2. The molecule has 1 aliphatic rings. The lowest BCUT2D eigenvalue weighted by Gasteiger charge is -2.19. The molecule has 162 valence electrons. The Balaban J connectivity index is 2.03. The number of amides is 1. The van der Waals surface area contributed by atoms with E-state index in [1.807, 2.05) is 27.7 Å². The van der Waals surface area contributed by atoms with Crippen LogP contribution in [0.5, 0.6) is 11.6 Å². The van der Waals surface area contributed by atoms with E-state index in [2.05, 4.69) is 27.0 Å². The number of halogens is 1. The Morgan fingerprint density at radius 2 is 2.06 bits per heavy atom. The number of methoxy groups -OCH3 is 1. The highest BCUT2D eigenvalue weighted by atomic mass is 19.1. The molecule has 1 aliphatic heterocycles. The number of pyridine rings is 1. The fourth-order valence-corrected chi connectivity index (χ4v) is 3.54. The van der Waals surface area contributed by atoms with Crippen molar-refractivity contribution in [2.24, 2.45) is 11.3 Å². The molecule has 1 aromatic carbocycles. The van der Waals surface area contributed by atoms with E-state index in [-0.39, 0.29) is 12.0 Å². The SMILES string of the molecule is [C-]#[N+]c1cc2c(C#CC(C)(C)C)cnc(OC[C@H]3NC(=O)[C@@H](F)[C@H]3CC)c2cc1OC. The smallest absolute Gasteiger partial charge is 0.255 e. The van der Waals surface area contributed by atoms with Crippen LogP contribution >= 0.6 is 0 Å². The monoisotopic (exact) mass is 423 g/mol. The van der Waals surface area contributed by atoms with E-state index in [4.69, 9.17) is 16.0 Å². The molecule has 2 aromatic rings. The van der Waals surface area contributed by atoms with Gasteiger partial charge in [0.15, 0.2) is 6.17 Å². The van der Waals surface area contributed by atoms with E-state index in [0.717, 1.165) is 5.39 Å². The number of alkyl halides is 1. The van der Waals surface area contributed by atoms with Crippen molar-refractivity contribution in [1.82, 2.24) is 10.3 Å². The molecule has 0 aliphatic carbocycles. The molecular weight excluding hydrogens is 397 g/mol. The molecule has 1 aromatic heterocycles.